The van der Waals surface area contributed by atoms with Gasteiger partial charge in [-0.25, -0.2) is 9.79 Å². The third-order valence-electron chi connectivity index (χ3n) is 4.38. The molecule has 7 nitrogen and oxygen atoms in total. The smallest absolute Gasteiger partial charge is 0.338 e. The molecular weight excluding hydrogens is 428 g/mol. The zero-order valence-corrected chi connectivity index (χ0v) is 18.8. The van der Waals surface area contributed by atoms with E-state index in [1.54, 1.807) is 56.4 Å². The number of hydrogen-bond donors (Lipinski definition) is 0. The summed E-state index contributed by atoms with van der Waals surface area (Å²) < 4.78 is 15.8. The lowest BCUT2D eigenvalue weighted by molar-refractivity contribution is -0.121. The molecule has 32 heavy (non-hydrogen) atoms. The molecule has 0 saturated carbocycles. The van der Waals surface area contributed by atoms with Crippen molar-refractivity contribution in [3.05, 3.63) is 58.5 Å². The van der Waals surface area contributed by atoms with Crippen LogP contribution >= 0.6 is 11.8 Å². The topological polar surface area (TPSA) is 77.4 Å². The molecule has 1 saturated heterocycles. The van der Waals surface area contributed by atoms with E-state index in [1.165, 1.54) is 23.8 Å². The van der Waals surface area contributed by atoms with Gasteiger partial charge in [-0.05, 0) is 60.7 Å². The Kier molecular flexibility index (Phi) is 7.58. The van der Waals surface area contributed by atoms with Crippen molar-refractivity contribution in [1.29, 1.82) is 0 Å². The number of amidine groups is 1. The van der Waals surface area contributed by atoms with Crippen LogP contribution in [0.2, 0.25) is 0 Å². The molecule has 2 aromatic carbocycles. The number of carbonyl (C=O) groups excluding carboxylic acids is 2. The summed E-state index contributed by atoms with van der Waals surface area (Å²) in [6.45, 7) is 2.17. The molecule has 0 aliphatic carbocycles. The predicted molar refractivity (Wildman–Crippen MR) is 125 cm³/mol. The number of ether oxygens (including phenoxy) is 3. The third-order valence-corrected chi connectivity index (χ3v) is 5.44. The standard InChI is InChI=1S/C24H22N2O5S/c1-5-12-31-19-11-10-16(13-20(19)29-4)14-21-22(27)26(3)24(32-21)25-18-9-7-8-17(15-18)23(28)30-6-2/h1,7-11,13-15H,6,12H2,2-4H3. The van der Waals surface area contributed by atoms with Crippen LogP contribution in [0.1, 0.15) is 22.8 Å². The lowest BCUT2D eigenvalue weighted by Crippen LogP contribution is -2.23. The summed E-state index contributed by atoms with van der Waals surface area (Å²) in [5.41, 5.74) is 1.72. The monoisotopic (exact) mass is 450 g/mol. The van der Waals surface area contributed by atoms with Crippen LogP contribution in [0.5, 0.6) is 11.5 Å². The van der Waals surface area contributed by atoms with Crippen molar-refractivity contribution in [2.75, 3.05) is 27.4 Å². The first-order valence-electron chi connectivity index (χ1n) is 9.74. The predicted octanol–water partition coefficient (Wildman–Crippen LogP) is 4.12. The maximum absolute atomic E-state index is 12.7. The van der Waals surface area contributed by atoms with Gasteiger partial charge in [0.15, 0.2) is 16.7 Å². The van der Waals surface area contributed by atoms with Crippen LogP contribution < -0.4 is 9.47 Å². The van der Waals surface area contributed by atoms with Gasteiger partial charge in [0, 0.05) is 7.05 Å². The quantitative estimate of drug-likeness (QED) is 0.359. The minimum absolute atomic E-state index is 0.132. The Morgan fingerprint density at radius 1 is 1.25 bits per heavy atom. The van der Waals surface area contributed by atoms with E-state index in [2.05, 4.69) is 10.9 Å². The van der Waals surface area contributed by atoms with E-state index in [1.807, 2.05) is 6.07 Å². The van der Waals surface area contributed by atoms with Crippen molar-refractivity contribution < 1.29 is 23.8 Å². The maximum atomic E-state index is 12.7. The van der Waals surface area contributed by atoms with Crippen LogP contribution in [0, 0.1) is 12.3 Å². The lowest BCUT2D eigenvalue weighted by Gasteiger charge is -2.09. The van der Waals surface area contributed by atoms with E-state index in [9.17, 15) is 9.59 Å². The Labute approximate surface area is 191 Å². The molecule has 0 N–H and O–H groups in total. The van der Waals surface area contributed by atoms with Gasteiger partial charge in [-0.1, -0.05) is 18.1 Å². The molecule has 2 aromatic rings. The number of carbonyl (C=O) groups is 2. The molecular formula is C24H22N2O5S. The van der Waals surface area contributed by atoms with Crippen LogP contribution in [0.25, 0.3) is 6.08 Å². The number of amides is 1. The van der Waals surface area contributed by atoms with Crippen LogP contribution in [0.4, 0.5) is 5.69 Å². The Balaban J connectivity index is 1.84. The summed E-state index contributed by atoms with van der Waals surface area (Å²) in [6, 6.07) is 12.1. The van der Waals surface area contributed by atoms with Crippen LogP contribution in [-0.2, 0) is 9.53 Å². The number of rotatable bonds is 7. The molecule has 0 radical (unpaired) electrons. The van der Waals surface area contributed by atoms with Gasteiger partial charge in [0.25, 0.3) is 5.91 Å². The van der Waals surface area contributed by atoms with Gasteiger partial charge >= 0.3 is 5.97 Å². The Bertz CT molecular complexity index is 1130. The van der Waals surface area contributed by atoms with Gasteiger partial charge in [-0.2, -0.15) is 0 Å². The van der Waals surface area contributed by atoms with E-state index in [0.717, 1.165) is 5.56 Å². The van der Waals surface area contributed by atoms with Gasteiger partial charge in [0.2, 0.25) is 0 Å². The van der Waals surface area contributed by atoms with E-state index in [-0.39, 0.29) is 12.5 Å². The zero-order chi connectivity index (χ0) is 23.1. The first-order valence-corrected chi connectivity index (χ1v) is 10.6. The van der Waals surface area contributed by atoms with Gasteiger partial charge < -0.3 is 14.2 Å². The van der Waals surface area contributed by atoms with Crippen molar-refractivity contribution in [2.45, 2.75) is 6.92 Å². The zero-order valence-electron chi connectivity index (χ0n) is 18.0. The number of thioether (sulfide) groups is 1. The molecule has 3 rings (SSSR count). The molecule has 0 spiro atoms. The molecule has 1 aliphatic rings. The normalized spacial score (nSPS) is 15.7. The average molecular weight is 451 g/mol. The number of methoxy groups -OCH3 is 1. The second kappa shape index (κ2) is 10.6. The highest BCUT2D eigenvalue weighted by Gasteiger charge is 2.30. The highest BCUT2D eigenvalue weighted by molar-refractivity contribution is 8.18. The number of nitrogens with zero attached hydrogens (tertiary/aromatic N) is 2. The molecule has 0 atom stereocenters. The molecule has 0 bridgehead atoms. The highest BCUT2D eigenvalue weighted by atomic mass is 32.2. The van der Waals surface area contributed by atoms with E-state index in [4.69, 9.17) is 20.6 Å². The summed E-state index contributed by atoms with van der Waals surface area (Å²) in [7, 11) is 3.19. The molecule has 0 aromatic heterocycles. The fourth-order valence-electron chi connectivity index (χ4n) is 2.84. The summed E-state index contributed by atoms with van der Waals surface area (Å²) >= 11 is 1.25. The van der Waals surface area contributed by atoms with E-state index in [0.29, 0.717) is 39.4 Å². The molecule has 1 fully saturated rings. The first kappa shape index (κ1) is 23.0. The molecule has 164 valence electrons. The number of aliphatic imine (C=N–C) groups is 1. The fraction of sp³-hybridized carbons (Fsp3) is 0.208. The summed E-state index contributed by atoms with van der Waals surface area (Å²) in [5, 5.41) is 0.503. The van der Waals surface area contributed by atoms with Gasteiger partial charge in [0.05, 0.1) is 29.9 Å². The molecule has 0 unspecified atom stereocenters. The molecule has 1 heterocycles. The second-order valence-corrected chi connectivity index (χ2v) is 7.55. The minimum Gasteiger partial charge on any atom is -0.493 e. The Morgan fingerprint density at radius 3 is 2.78 bits per heavy atom. The molecule has 8 heteroatoms. The maximum Gasteiger partial charge on any atom is 0.338 e. The number of esters is 1. The SMILES string of the molecule is C#CCOc1ccc(C=C2SC(=Nc3cccc(C(=O)OCC)c3)N(C)C2=O)cc1OC. The summed E-state index contributed by atoms with van der Waals surface area (Å²) in [4.78, 5) is 31.2. The third kappa shape index (κ3) is 5.31. The molecule has 1 amide bonds. The van der Waals surface area contributed by atoms with Crippen LogP contribution in [-0.4, -0.2) is 49.3 Å². The Morgan fingerprint density at radius 2 is 2.06 bits per heavy atom. The second-order valence-electron chi connectivity index (χ2n) is 6.54. The van der Waals surface area contributed by atoms with Gasteiger partial charge in [0.1, 0.15) is 6.61 Å². The number of benzene rings is 2. The Hall–Kier alpha value is -3.70. The lowest BCUT2D eigenvalue weighted by atomic mass is 10.2. The van der Waals surface area contributed by atoms with E-state index >= 15 is 0 Å². The van der Waals surface area contributed by atoms with Crippen molar-refractivity contribution in [1.82, 2.24) is 4.90 Å². The van der Waals surface area contributed by atoms with E-state index < -0.39 is 5.97 Å². The number of hydrogen-bond acceptors (Lipinski definition) is 7. The summed E-state index contributed by atoms with van der Waals surface area (Å²) in [6.07, 6.45) is 6.99. The van der Waals surface area contributed by atoms with Gasteiger partial charge in [-0.3, -0.25) is 9.69 Å². The minimum atomic E-state index is -0.415. The first-order chi connectivity index (χ1) is 15.5. The number of likely N-dealkylation sites (N-methyl/N-ethyl adjacent to an activating group) is 1. The summed E-state index contributed by atoms with van der Waals surface area (Å²) in [5.74, 6) is 2.86. The number of terminal acetylenes is 1. The van der Waals surface area contributed by atoms with Crippen molar-refractivity contribution in [3.8, 4) is 23.8 Å². The largest absolute Gasteiger partial charge is 0.493 e. The van der Waals surface area contributed by atoms with Crippen LogP contribution in [0.15, 0.2) is 52.4 Å². The van der Waals surface area contributed by atoms with Crippen molar-refractivity contribution >= 4 is 40.6 Å². The van der Waals surface area contributed by atoms with Crippen LogP contribution in [0.3, 0.4) is 0 Å². The van der Waals surface area contributed by atoms with Crippen molar-refractivity contribution in [3.63, 3.8) is 0 Å². The van der Waals surface area contributed by atoms with Crippen molar-refractivity contribution in [2.24, 2.45) is 4.99 Å². The average Bonchev–Trinajstić information content (AvgIpc) is 3.06. The molecule has 1 aliphatic heterocycles. The van der Waals surface area contributed by atoms with Gasteiger partial charge in [-0.15, -0.1) is 6.42 Å². The fourth-order valence-corrected chi connectivity index (χ4v) is 3.83. The highest BCUT2D eigenvalue weighted by Crippen LogP contribution is 2.35.